The number of hydrogen-bond donors (Lipinski definition) is 1. The Morgan fingerprint density at radius 1 is 1.08 bits per heavy atom. The topological polar surface area (TPSA) is 55.4 Å². The molecule has 2 aromatic carbocycles. The highest BCUT2D eigenvalue weighted by molar-refractivity contribution is 7.91. The average Bonchev–Trinajstić information content (AvgIpc) is 2.51. The molecular weight excluding hydrogens is 336 g/mol. The Bertz CT molecular complexity index is 787. The zero-order valence-electron chi connectivity index (χ0n) is 13.4. The van der Waals surface area contributed by atoms with Gasteiger partial charge in [-0.05, 0) is 49.2 Å². The first kappa shape index (κ1) is 18.2. The van der Waals surface area contributed by atoms with Crippen molar-refractivity contribution in [1.29, 1.82) is 0 Å². The number of benzene rings is 2. The van der Waals surface area contributed by atoms with Crippen molar-refractivity contribution in [1.82, 2.24) is 0 Å². The first-order valence-electron chi connectivity index (χ1n) is 7.37. The lowest BCUT2D eigenvalue weighted by molar-refractivity contribution is 0.235. The summed E-state index contributed by atoms with van der Waals surface area (Å²) in [6, 6.07) is 11.4. The van der Waals surface area contributed by atoms with Crippen LogP contribution in [0.4, 0.5) is 14.5 Å². The molecule has 0 atom stereocenters. The minimum absolute atomic E-state index is 0.141. The third-order valence-electron chi connectivity index (χ3n) is 3.31. The Balaban J connectivity index is 2.00. The van der Waals surface area contributed by atoms with Crippen LogP contribution in [0, 0.1) is 13.8 Å². The van der Waals surface area contributed by atoms with Crippen molar-refractivity contribution in [2.75, 3.05) is 18.5 Å². The van der Waals surface area contributed by atoms with Gasteiger partial charge in [0.1, 0.15) is 12.4 Å². The summed E-state index contributed by atoms with van der Waals surface area (Å²) in [7, 11) is -4.64. The number of para-hydroxylation sites is 1. The van der Waals surface area contributed by atoms with E-state index < -0.39 is 20.5 Å². The highest BCUT2D eigenvalue weighted by Crippen LogP contribution is 2.26. The molecule has 4 nitrogen and oxygen atoms in total. The summed E-state index contributed by atoms with van der Waals surface area (Å²) in [5, 5.41) is 2.84. The molecule has 24 heavy (non-hydrogen) atoms. The number of rotatable bonds is 7. The summed E-state index contributed by atoms with van der Waals surface area (Å²) in [5.74, 6) is -2.74. The Morgan fingerprint density at radius 2 is 1.71 bits per heavy atom. The van der Waals surface area contributed by atoms with E-state index in [0.717, 1.165) is 17.2 Å². The van der Waals surface area contributed by atoms with Gasteiger partial charge < -0.3 is 10.1 Å². The highest BCUT2D eigenvalue weighted by atomic mass is 32.2. The lowest BCUT2D eigenvalue weighted by atomic mass is 10.1. The van der Waals surface area contributed by atoms with Crippen molar-refractivity contribution in [3.63, 3.8) is 0 Å². The summed E-state index contributed by atoms with van der Waals surface area (Å²) in [4.78, 5) is -0.411. The molecular formula is C17H19F2NO3S. The molecule has 130 valence electrons. The predicted molar refractivity (Wildman–Crippen MR) is 89.5 cm³/mol. The summed E-state index contributed by atoms with van der Waals surface area (Å²) in [6.45, 7) is 4.47. The molecule has 0 fully saturated rings. The first-order valence-corrected chi connectivity index (χ1v) is 8.91. The molecule has 0 radical (unpaired) electrons. The number of ether oxygens (including phenoxy) is 1. The number of anilines is 1. The monoisotopic (exact) mass is 355 g/mol. The minimum Gasteiger partial charge on any atom is -0.492 e. The largest absolute Gasteiger partial charge is 0.492 e. The van der Waals surface area contributed by atoms with Gasteiger partial charge in [0.2, 0.25) is 9.84 Å². The number of alkyl halides is 2. The number of aryl methyl sites for hydroxylation is 2. The standard InChI is InChI=1S/C17H19F2NO3S/c1-12-9-13(2)11-14(10-12)23-8-7-20-15-5-3-4-6-16(15)24(21,22)17(18)19/h3-6,9-11,17,20H,7-8H2,1-2H3. The number of sulfone groups is 1. The van der Waals surface area contributed by atoms with E-state index in [1.165, 1.54) is 12.1 Å². The van der Waals surface area contributed by atoms with Crippen LogP contribution in [0.1, 0.15) is 11.1 Å². The number of nitrogens with one attached hydrogen (secondary N) is 1. The van der Waals surface area contributed by atoms with Gasteiger partial charge in [0.25, 0.3) is 0 Å². The summed E-state index contributed by atoms with van der Waals surface area (Å²) >= 11 is 0. The zero-order chi connectivity index (χ0) is 17.7. The Kier molecular flexibility index (Phi) is 5.77. The normalized spacial score (nSPS) is 11.5. The maximum Gasteiger partial charge on any atom is 0.341 e. The smallest absolute Gasteiger partial charge is 0.341 e. The van der Waals surface area contributed by atoms with E-state index in [4.69, 9.17) is 4.74 Å². The molecule has 0 spiro atoms. The lowest BCUT2D eigenvalue weighted by Crippen LogP contribution is -2.17. The second kappa shape index (κ2) is 7.61. The van der Waals surface area contributed by atoms with Crippen molar-refractivity contribution in [3.8, 4) is 5.75 Å². The van der Waals surface area contributed by atoms with Crippen LogP contribution in [0.15, 0.2) is 47.4 Å². The van der Waals surface area contributed by atoms with Crippen LogP contribution < -0.4 is 10.1 Å². The molecule has 0 amide bonds. The van der Waals surface area contributed by atoms with Crippen molar-refractivity contribution >= 4 is 15.5 Å². The quantitative estimate of drug-likeness (QED) is 0.768. The van der Waals surface area contributed by atoms with Gasteiger partial charge in [-0.2, -0.15) is 8.78 Å². The van der Waals surface area contributed by atoms with Gasteiger partial charge in [-0.15, -0.1) is 0 Å². The van der Waals surface area contributed by atoms with Crippen LogP contribution in [-0.4, -0.2) is 27.3 Å². The fraction of sp³-hybridized carbons (Fsp3) is 0.294. The molecule has 0 aliphatic rings. The maximum atomic E-state index is 12.7. The molecule has 0 saturated carbocycles. The van der Waals surface area contributed by atoms with Crippen LogP contribution in [0.2, 0.25) is 0 Å². The van der Waals surface area contributed by atoms with E-state index in [-0.39, 0.29) is 18.8 Å². The molecule has 0 unspecified atom stereocenters. The predicted octanol–water partition coefficient (Wildman–Crippen LogP) is 3.79. The molecule has 1 N–H and O–H groups in total. The second-order valence-corrected chi connectivity index (χ2v) is 7.29. The minimum atomic E-state index is -4.64. The maximum absolute atomic E-state index is 12.7. The second-order valence-electron chi connectivity index (χ2n) is 5.40. The fourth-order valence-corrected chi connectivity index (χ4v) is 3.23. The van der Waals surface area contributed by atoms with Crippen LogP contribution in [0.3, 0.4) is 0 Å². The Morgan fingerprint density at radius 3 is 2.33 bits per heavy atom. The van der Waals surface area contributed by atoms with Crippen molar-refractivity contribution < 1.29 is 21.9 Å². The first-order chi connectivity index (χ1) is 11.3. The average molecular weight is 355 g/mol. The Hall–Kier alpha value is -2.15. The number of hydrogen-bond acceptors (Lipinski definition) is 4. The van der Waals surface area contributed by atoms with Gasteiger partial charge in [0, 0.05) is 6.54 Å². The van der Waals surface area contributed by atoms with Crippen LogP contribution in [0.25, 0.3) is 0 Å². The fourth-order valence-electron chi connectivity index (χ4n) is 2.33. The molecule has 2 rings (SSSR count). The van der Waals surface area contributed by atoms with E-state index in [9.17, 15) is 17.2 Å². The van der Waals surface area contributed by atoms with Crippen molar-refractivity contribution in [3.05, 3.63) is 53.6 Å². The Labute approximate surface area is 140 Å². The van der Waals surface area contributed by atoms with Gasteiger partial charge in [-0.1, -0.05) is 18.2 Å². The van der Waals surface area contributed by atoms with E-state index in [0.29, 0.717) is 5.75 Å². The van der Waals surface area contributed by atoms with Crippen LogP contribution >= 0.6 is 0 Å². The molecule has 0 heterocycles. The molecule has 2 aromatic rings. The zero-order valence-corrected chi connectivity index (χ0v) is 14.2. The molecule has 0 saturated heterocycles. The van der Waals surface area contributed by atoms with Gasteiger partial charge in [-0.3, -0.25) is 0 Å². The molecule has 0 aliphatic heterocycles. The third-order valence-corrected chi connectivity index (χ3v) is 4.75. The number of halogens is 2. The van der Waals surface area contributed by atoms with Gasteiger partial charge >= 0.3 is 5.76 Å². The summed E-state index contributed by atoms with van der Waals surface area (Å²) < 4.78 is 54.4. The summed E-state index contributed by atoms with van der Waals surface area (Å²) in [5.41, 5.74) is 2.29. The molecule has 0 aromatic heterocycles. The molecule has 7 heteroatoms. The SMILES string of the molecule is Cc1cc(C)cc(OCCNc2ccccc2S(=O)(=O)C(F)F)c1. The van der Waals surface area contributed by atoms with Crippen LogP contribution in [-0.2, 0) is 9.84 Å². The molecule has 0 aliphatic carbocycles. The third kappa shape index (κ3) is 4.44. The highest BCUT2D eigenvalue weighted by Gasteiger charge is 2.28. The van der Waals surface area contributed by atoms with Crippen molar-refractivity contribution in [2.24, 2.45) is 0 Å². The van der Waals surface area contributed by atoms with Crippen LogP contribution in [0.5, 0.6) is 5.75 Å². The van der Waals surface area contributed by atoms with Gasteiger partial charge in [-0.25, -0.2) is 8.42 Å². The van der Waals surface area contributed by atoms with Gasteiger partial charge in [0.05, 0.1) is 10.6 Å². The van der Waals surface area contributed by atoms with E-state index in [1.807, 2.05) is 32.0 Å². The molecule has 0 bridgehead atoms. The van der Waals surface area contributed by atoms with Gasteiger partial charge in [0.15, 0.2) is 0 Å². The van der Waals surface area contributed by atoms with E-state index >= 15 is 0 Å². The van der Waals surface area contributed by atoms with E-state index in [2.05, 4.69) is 5.32 Å². The lowest BCUT2D eigenvalue weighted by Gasteiger charge is -2.13. The van der Waals surface area contributed by atoms with E-state index in [1.54, 1.807) is 6.07 Å². The van der Waals surface area contributed by atoms with Crippen molar-refractivity contribution in [2.45, 2.75) is 24.5 Å². The summed E-state index contributed by atoms with van der Waals surface area (Å²) in [6.07, 6.45) is 0.